The molecule has 2 aromatic heterocycles. The van der Waals surface area contributed by atoms with Crippen LogP contribution in [0.1, 0.15) is 18.9 Å². The van der Waals surface area contributed by atoms with Crippen LogP contribution >= 0.6 is 0 Å². The van der Waals surface area contributed by atoms with Gasteiger partial charge in [0.1, 0.15) is 12.0 Å². The third kappa shape index (κ3) is 2.87. The van der Waals surface area contributed by atoms with Crippen molar-refractivity contribution in [3.63, 3.8) is 0 Å². The summed E-state index contributed by atoms with van der Waals surface area (Å²) in [6.07, 6.45) is 5.81. The van der Waals surface area contributed by atoms with Crippen LogP contribution in [0.15, 0.2) is 28.5 Å². The predicted octanol–water partition coefficient (Wildman–Crippen LogP) is 1.32. The molecule has 0 fully saturated rings. The molecule has 0 aliphatic carbocycles. The lowest BCUT2D eigenvalue weighted by atomic mass is 10.3. The van der Waals surface area contributed by atoms with E-state index in [1.54, 1.807) is 17.0 Å². The van der Waals surface area contributed by atoms with Crippen molar-refractivity contribution in [3.05, 3.63) is 34.6 Å². The maximum Gasteiger partial charge on any atom is 0.278 e. The van der Waals surface area contributed by atoms with Gasteiger partial charge in [0.2, 0.25) is 0 Å². The Morgan fingerprint density at radius 2 is 2.42 bits per heavy atom. The molecular weight excluding hydrogens is 244 g/mol. The molecule has 0 amide bonds. The van der Waals surface area contributed by atoms with Gasteiger partial charge in [0.05, 0.1) is 6.20 Å². The number of nitrogens with zero attached hydrogens (tertiary/aromatic N) is 4. The normalized spacial score (nSPS) is 10.4. The second-order valence-corrected chi connectivity index (χ2v) is 4.06. The Labute approximate surface area is 110 Å². The van der Waals surface area contributed by atoms with Crippen molar-refractivity contribution in [2.24, 2.45) is 4.99 Å². The SMILES string of the molecule is C=Nc1ncn(CCC)c(=O)c1NCc1cn[nH]c1. The fourth-order valence-corrected chi connectivity index (χ4v) is 1.72. The van der Waals surface area contributed by atoms with Gasteiger partial charge < -0.3 is 5.32 Å². The predicted molar refractivity (Wildman–Crippen MR) is 73.9 cm³/mol. The van der Waals surface area contributed by atoms with Gasteiger partial charge in [0.15, 0.2) is 5.82 Å². The number of nitrogens with one attached hydrogen (secondary N) is 2. The highest BCUT2D eigenvalue weighted by Gasteiger charge is 2.10. The highest BCUT2D eigenvalue weighted by atomic mass is 16.1. The van der Waals surface area contributed by atoms with Crippen molar-refractivity contribution in [2.75, 3.05) is 5.32 Å². The van der Waals surface area contributed by atoms with Crippen LogP contribution < -0.4 is 10.9 Å². The summed E-state index contributed by atoms with van der Waals surface area (Å²) in [6, 6.07) is 0. The molecule has 7 nitrogen and oxygen atoms in total. The second kappa shape index (κ2) is 5.94. The molecule has 2 N–H and O–H groups in total. The van der Waals surface area contributed by atoms with Gasteiger partial charge in [-0.3, -0.25) is 14.5 Å². The van der Waals surface area contributed by atoms with E-state index in [1.807, 2.05) is 6.92 Å². The molecule has 0 spiro atoms. The number of H-pyrrole nitrogens is 1. The maximum absolute atomic E-state index is 12.2. The van der Waals surface area contributed by atoms with E-state index in [9.17, 15) is 4.79 Å². The van der Waals surface area contributed by atoms with Crippen LogP contribution in [0.25, 0.3) is 0 Å². The smallest absolute Gasteiger partial charge is 0.278 e. The van der Waals surface area contributed by atoms with Gasteiger partial charge in [-0.25, -0.2) is 9.98 Å². The lowest BCUT2D eigenvalue weighted by molar-refractivity contribution is 0.642. The number of rotatable bonds is 6. The van der Waals surface area contributed by atoms with E-state index in [1.165, 1.54) is 6.33 Å². The fourth-order valence-electron chi connectivity index (χ4n) is 1.72. The standard InChI is InChI=1S/C12H16N6O/c1-3-4-18-8-15-11(13-2)10(12(18)19)14-5-9-6-16-17-7-9/h6-8,14H,2-5H2,1H3,(H,16,17). The molecule has 0 saturated carbocycles. The number of aromatic amines is 1. The summed E-state index contributed by atoms with van der Waals surface area (Å²) in [5.41, 5.74) is 1.18. The molecule has 100 valence electrons. The monoisotopic (exact) mass is 260 g/mol. The molecule has 0 aliphatic rings. The lowest BCUT2D eigenvalue weighted by Gasteiger charge is -2.10. The first-order chi connectivity index (χ1) is 9.26. The third-order valence-electron chi connectivity index (χ3n) is 2.66. The van der Waals surface area contributed by atoms with E-state index >= 15 is 0 Å². The summed E-state index contributed by atoms with van der Waals surface area (Å²) in [5, 5.41) is 9.61. The Morgan fingerprint density at radius 1 is 1.58 bits per heavy atom. The van der Waals surface area contributed by atoms with Crippen molar-refractivity contribution in [2.45, 2.75) is 26.4 Å². The molecule has 2 aromatic rings. The van der Waals surface area contributed by atoms with Crippen LogP contribution in [-0.4, -0.2) is 26.5 Å². The maximum atomic E-state index is 12.2. The number of aromatic nitrogens is 4. The zero-order valence-corrected chi connectivity index (χ0v) is 10.8. The van der Waals surface area contributed by atoms with Crippen molar-refractivity contribution in [1.29, 1.82) is 0 Å². The first kappa shape index (κ1) is 13.0. The molecule has 0 aromatic carbocycles. The molecule has 2 rings (SSSR count). The van der Waals surface area contributed by atoms with E-state index < -0.39 is 0 Å². The van der Waals surface area contributed by atoms with Gasteiger partial charge >= 0.3 is 0 Å². The molecule has 0 bridgehead atoms. The number of aliphatic imine (C=N–C) groups is 1. The average Bonchev–Trinajstić information content (AvgIpc) is 2.93. The molecule has 0 aliphatic heterocycles. The Hall–Kier alpha value is -2.44. The highest BCUT2D eigenvalue weighted by Crippen LogP contribution is 2.16. The van der Waals surface area contributed by atoms with E-state index in [2.05, 4.69) is 32.2 Å². The minimum atomic E-state index is -0.136. The topological polar surface area (TPSA) is 88.0 Å². The fraction of sp³-hybridized carbons (Fsp3) is 0.333. The van der Waals surface area contributed by atoms with Crippen molar-refractivity contribution in [3.8, 4) is 0 Å². The summed E-state index contributed by atoms with van der Waals surface area (Å²) in [6.45, 7) is 6.55. The quantitative estimate of drug-likeness (QED) is 0.767. The largest absolute Gasteiger partial charge is 0.373 e. The zero-order chi connectivity index (χ0) is 13.7. The van der Waals surface area contributed by atoms with Crippen LogP contribution in [0, 0.1) is 0 Å². The van der Waals surface area contributed by atoms with E-state index in [0.29, 0.717) is 24.6 Å². The first-order valence-corrected chi connectivity index (χ1v) is 6.04. The zero-order valence-electron chi connectivity index (χ0n) is 10.8. The summed E-state index contributed by atoms with van der Waals surface area (Å²) in [7, 11) is 0. The molecular formula is C12H16N6O. The van der Waals surface area contributed by atoms with Crippen molar-refractivity contribution in [1.82, 2.24) is 19.7 Å². The minimum absolute atomic E-state index is 0.136. The van der Waals surface area contributed by atoms with E-state index in [4.69, 9.17) is 0 Å². The lowest BCUT2D eigenvalue weighted by Crippen LogP contribution is -2.24. The van der Waals surface area contributed by atoms with Gasteiger partial charge in [-0.05, 0) is 13.1 Å². The number of hydrogen-bond donors (Lipinski definition) is 2. The molecule has 2 heterocycles. The molecule has 0 saturated heterocycles. The molecule has 7 heteroatoms. The number of anilines is 1. The van der Waals surface area contributed by atoms with E-state index in [-0.39, 0.29) is 5.56 Å². The van der Waals surface area contributed by atoms with Crippen molar-refractivity contribution < 1.29 is 0 Å². The van der Waals surface area contributed by atoms with Crippen LogP contribution in [0.3, 0.4) is 0 Å². The van der Waals surface area contributed by atoms with Gasteiger partial charge in [-0.15, -0.1) is 0 Å². The van der Waals surface area contributed by atoms with Gasteiger partial charge in [0, 0.05) is 24.8 Å². The molecule has 0 atom stereocenters. The Balaban J connectivity index is 2.28. The van der Waals surface area contributed by atoms with Crippen LogP contribution in [-0.2, 0) is 13.1 Å². The minimum Gasteiger partial charge on any atom is -0.373 e. The Kier molecular flexibility index (Phi) is 4.07. The molecule has 0 radical (unpaired) electrons. The third-order valence-corrected chi connectivity index (χ3v) is 2.66. The van der Waals surface area contributed by atoms with Crippen LogP contribution in [0.5, 0.6) is 0 Å². The molecule has 19 heavy (non-hydrogen) atoms. The summed E-state index contributed by atoms with van der Waals surface area (Å²) in [4.78, 5) is 20.1. The van der Waals surface area contributed by atoms with Gasteiger partial charge in [0.25, 0.3) is 5.56 Å². The number of aryl methyl sites for hydroxylation is 1. The van der Waals surface area contributed by atoms with Crippen LogP contribution in [0.4, 0.5) is 11.5 Å². The summed E-state index contributed by atoms with van der Waals surface area (Å²) >= 11 is 0. The van der Waals surface area contributed by atoms with Gasteiger partial charge in [-0.1, -0.05) is 6.92 Å². The number of hydrogen-bond acceptors (Lipinski definition) is 5. The van der Waals surface area contributed by atoms with Gasteiger partial charge in [-0.2, -0.15) is 5.10 Å². The Bertz CT molecular complexity index is 601. The van der Waals surface area contributed by atoms with Crippen molar-refractivity contribution >= 4 is 18.2 Å². The van der Waals surface area contributed by atoms with Crippen LogP contribution in [0.2, 0.25) is 0 Å². The molecule has 0 unspecified atom stereocenters. The van der Waals surface area contributed by atoms with E-state index in [0.717, 1.165) is 12.0 Å². The Morgan fingerprint density at radius 3 is 3.05 bits per heavy atom. The first-order valence-electron chi connectivity index (χ1n) is 6.04. The second-order valence-electron chi connectivity index (χ2n) is 4.06. The summed E-state index contributed by atoms with van der Waals surface area (Å²) < 4.78 is 1.56. The highest BCUT2D eigenvalue weighted by molar-refractivity contribution is 5.61. The summed E-state index contributed by atoms with van der Waals surface area (Å²) in [5.74, 6) is 0.320. The average molecular weight is 260 g/mol.